The third-order valence-corrected chi connectivity index (χ3v) is 3.61. The molecule has 4 heteroatoms. The standard InChI is InChI=1S/C16H15NO3/c18-15-7-11(5-6-14(15)16(19)20)8-17-9-12-3-1-2-4-13(12)10-17/h1-7,18H,8-10H2,(H,19,20). The van der Waals surface area contributed by atoms with Gasteiger partial charge in [-0.1, -0.05) is 30.3 Å². The molecule has 0 aliphatic carbocycles. The second kappa shape index (κ2) is 4.98. The fourth-order valence-electron chi connectivity index (χ4n) is 2.63. The van der Waals surface area contributed by atoms with Crippen molar-refractivity contribution in [1.29, 1.82) is 0 Å². The maximum absolute atomic E-state index is 10.9. The van der Waals surface area contributed by atoms with Crippen LogP contribution in [0.3, 0.4) is 0 Å². The van der Waals surface area contributed by atoms with Gasteiger partial charge >= 0.3 is 5.97 Å². The summed E-state index contributed by atoms with van der Waals surface area (Å²) in [5.74, 6) is -1.28. The predicted molar refractivity (Wildman–Crippen MR) is 74.5 cm³/mol. The third kappa shape index (κ3) is 2.38. The van der Waals surface area contributed by atoms with Gasteiger partial charge in [-0.25, -0.2) is 4.79 Å². The molecule has 1 heterocycles. The van der Waals surface area contributed by atoms with Crippen LogP contribution in [-0.2, 0) is 19.6 Å². The Morgan fingerprint density at radius 1 is 1.10 bits per heavy atom. The van der Waals surface area contributed by atoms with E-state index in [1.807, 2.05) is 12.1 Å². The summed E-state index contributed by atoms with van der Waals surface area (Å²) in [7, 11) is 0. The molecule has 0 spiro atoms. The van der Waals surface area contributed by atoms with Crippen LogP contribution in [0.4, 0.5) is 0 Å². The highest BCUT2D eigenvalue weighted by Crippen LogP contribution is 2.25. The second-order valence-electron chi connectivity index (χ2n) is 5.07. The van der Waals surface area contributed by atoms with Crippen molar-refractivity contribution in [3.63, 3.8) is 0 Å². The molecule has 1 aliphatic heterocycles. The minimum absolute atomic E-state index is 0.0570. The summed E-state index contributed by atoms with van der Waals surface area (Å²) in [6.45, 7) is 2.47. The normalized spacial score (nSPS) is 14.2. The van der Waals surface area contributed by atoms with Crippen molar-refractivity contribution in [2.75, 3.05) is 0 Å². The lowest BCUT2D eigenvalue weighted by molar-refractivity contribution is 0.0693. The van der Waals surface area contributed by atoms with E-state index < -0.39 is 5.97 Å². The van der Waals surface area contributed by atoms with Crippen LogP contribution >= 0.6 is 0 Å². The molecule has 2 N–H and O–H groups in total. The van der Waals surface area contributed by atoms with E-state index in [4.69, 9.17) is 5.11 Å². The lowest BCUT2D eigenvalue weighted by Crippen LogP contribution is -2.15. The summed E-state index contributed by atoms with van der Waals surface area (Å²) in [5.41, 5.74) is 3.52. The summed E-state index contributed by atoms with van der Waals surface area (Å²) in [6.07, 6.45) is 0. The second-order valence-corrected chi connectivity index (χ2v) is 5.07. The maximum atomic E-state index is 10.9. The van der Waals surface area contributed by atoms with Gasteiger partial charge in [-0.2, -0.15) is 0 Å². The Labute approximate surface area is 116 Å². The van der Waals surface area contributed by atoms with Crippen molar-refractivity contribution in [1.82, 2.24) is 4.90 Å². The van der Waals surface area contributed by atoms with Gasteiger partial charge < -0.3 is 10.2 Å². The van der Waals surface area contributed by atoms with Crippen LogP contribution in [0.2, 0.25) is 0 Å². The van der Waals surface area contributed by atoms with E-state index in [0.717, 1.165) is 18.7 Å². The number of rotatable bonds is 3. The quantitative estimate of drug-likeness (QED) is 0.899. The van der Waals surface area contributed by atoms with Gasteiger partial charge in [0, 0.05) is 19.6 Å². The van der Waals surface area contributed by atoms with Crippen LogP contribution in [-0.4, -0.2) is 21.1 Å². The Balaban J connectivity index is 1.74. The molecule has 2 aromatic carbocycles. The van der Waals surface area contributed by atoms with Gasteiger partial charge in [-0.15, -0.1) is 0 Å². The van der Waals surface area contributed by atoms with Gasteiger partial charge in [-0.3, -0.25) is 4.90 Å². The summed E-state index contributed by atoms with van der Waals surface area (Å²) < 4.78 is 0. The fourth-order valence-corrected chi connectivity index (χ4v) is 2.63. The first-order valence-corrected chi connectivity index (χ1v) is 6.48. The number of carboxylic acid groups (broad SMARTS) is 1. The zero-order valence-corrected chi connectivity index (χ0v) is 10.9. The molecule has 4 nitrogen and oxygen atoms in total. The lowest BCUT2D eigenvalue weighted by Gasteiger charge is -2.15. The van der Waals surface area contributed by atoms with Crippen LogP contribution in [0.1, 0.15) is 27.0 Å². The van der Waals surface area contributed by atoms with E-state index >= 15 is 0 Å². The van der Waals surface area contributed by atoms with Crippen LogP contribution in [0.25, 0.3) is 0 Å². The minimum atomic E-state index is -1.11. The van der Waals surface area contributed by atoms with Crippen LogP contribution in [0, 0.1) is 0 Å². The number of hydrogen-bond donors (Lipinski definition) is 2. The molecule has 1 aliphatic rings. The number of hydrogen-bond acceptors (Lipinski definition) is 3. The van der Waals surface area contributed by atoms with Crippen molar-refractivity contribution in [2.45, 2.75) is 19.6 Å². The number of phenols is 1. The first-order chi connectivity index (χ1) is 9.63. The average molecular weight is 269 g/mol. The highest BCUT2D eigenvalue weighted by molar-refractivity contribution is 5.90. The number of carboxylic acids is 1. The third-order valence-electron chi connectivity index (χ3n) is 3.61. The molecular formula is C16H15NO3. The fraction of sp³-hybridized carbons (Fsp3) is 0.188. The van der Waals surface area contributed by atoms with Crippen molar-refractivity contribution < 1.29 is 15.0 Å². The number of aromatic carboxylic acids is 1. The highest BCUT2D eigenvalue weighted by Gasteiger charge is 2.19. The molecule has 102 valence electrons. The van der Waals surface area contributed by atoms with Gasteiger partial charge in [-0.05, 0) is 28.8 Å². The average Bonchev–Trinajstić information content (AvgIpc) is 2.80. The first kappa shape index (κ1) is 12.7. The summed E-state index contributed by atoms with van der Waals surface area (Å²) in [4.78, 5) is 13.1. The van der Waals surface area contributed by atoms with Crippen molar-refractivity contribution in [3.05, 3.63) is 64.7 Å². The number of benzene rings is 2. The molecule has 20 heavy (non-hydrogen) atoms. The smallest absolute Gasteiger partial charge is 0.339 e. The van der Waals surface area contributed by atoms with Gasteiger partial charge in [0.1, 0.15) is 11.3 Å². The van der Waals surface area contributed by atoms with Gasteiger partial charge in [0.25, 0.3) is 0 Å². The molecule has 3 rings (SSSR count). The molecule has 0 unspecified atom stereocenters. The number of aromatic hydroxyl groups is 1. The van der Waals surface area contributed by atoms with Crippen molar-refractivity contribution in [3.8, 4) is 5.75 Å². The number of carbonyl (C=O) groups is 1. The Bertz CT molecular complexity index is 642. The maximum Gasteiger partial charge on any atom is 0.339 e. The Morgan fingerprint density at radius 2 is 1.75 bits per heavy atom. The predicted octanol–water partition coefficient (Wildman–Crippen LogP) is 2.61. The minimum Gasteiger partial charge on any atom is -0.507 e. The van der Waals surface area contributed by atoms with Crippen LogP contribution < -0.4 is 0 Å². The van der Waals surface area contributed by atoms with E-state index in [0.29, 0.717) is 6.54 Å². The summed E-state index contributed by atoms with van der Waals surface area (Å²) in [5, 5.41) is 18.6. The molecular weight excluding hydrogens is 254 g/mol. The highest BCUT2D eigenvalue weighted by atomic mass is 16.4. The van der Waals surface area contributed by atoms with E-state index in [9.17, 15) is 9.90 Å². The van der Waals surface area contributed by atoms with E-state index in [-0.39, 0.29) is 11.3 Å². The molecule has 2 aromatic rings. The zero-order chi connectivity index (χ0) is 14.1. The van der Waals surface area contributed by atoms with Crippen LogP contribution in [0.15, 0.2) is 42.5 Å². The van der Waals surface area contributed by atoms with E-state index in [2.05, 4.69) is 17.0 Å². The number of nitrogens with zero attached hydrogens (tertiary/aromatic N) is 1. The molecule has 0 radical (unpaired) electrons. The zero-order valence-electron chi connectivity index (χ0n) is 10.9. The molecule has 0 saturated heterocycles. The van der Waals surface area contributed by atoms with Gasteiger partial charge in [0.15, 0.2) is 0 Å². The lowest BCUT2D eigenvalue weighted by atomic mass is 10.1. The van der Waals surface area contributed by atoms with E-state index in [1.165, 1.54) is 23.3 Å². The first-order valence-electron chi connectivity index (χ1n) is 6.48. The topological polar surface area (TPSA) is 60.8 Å². The van der Waals surface area contributed by atoms with Crippen LogP contribution in [0.5, 0.6) is 5.75 Å². The summed E-state index contributed by atoms with van der Waals surface area (Å²) >= 11 is 0. The van der Waals surface area contributed by atoms with Crippen molar-refractivity contribution >= 4 is 5.97 Å². The molecule has 0 saturated carbocycles. The monoisotopic (exact) mass is 269 g/mol. The molecule has 0 fully saturated rings. The van der Waals surface area contributed by atoms with E-state index in [1.54, 1.807) is 6.07 Å². The molecule has 0 atom stereocenters. The molecule has 0 amide bonds. The molecule has 0 bridgehead atoms. The summed E-state index contributed by atoms with van der Waals surface area (Å²) in [6, 6.07) is 13.1. The SMILES string of the molecule is O=C(O)c1ccc(CN2Cc3ccccc3C2)cc1O. The Hall–Kier alpha value is -2.33. The van der Waals surface area contributed by atoms with Crippen molar-refractivity contribution in [2.24, 2.45) is 0 Å². The number of fused-ring (bicyclic) bond motifs is 1. The van der Waals surface area contributed by atoms with Gasteiger partial charge in [0.2, 0.25) is 0 Å². The molecule has 0 aromatic heterocycles. The Morgan fingerprint density at radius 3 is 2.30 bits per heavy atom. The largest absolute Gasteiger partial charge is 0.507 e. The van der Waals surface area contributed by atoms with Gasteiger partial charge in [0.05, 0.1) is 0 Å². The Kier molecular flexibility index (Phi) is 3.16.